The summed E-state index contributed by atoms with van der Waals surface area (Å²) in [6.45, 7) is 13.9. The molecule has 0 unspecified atom stereocenters. The summed E-state index contributed by atoms with van der Waals surface area (Å²) >= 11 is 0. The van der Waals surface area contributed by atoms with Gasteiger partial charge in [0.15, 0.2) is 0 Å². The minimum Gasteiger partial charge on any atom is -0.497 e. The van der Waals surface area contributed by atoms with Crippen LogP contribution in [0.15, 0.2) is 133 Å². The highest BCUT2D eigenvalue weighted by Gasteiger charge is 2.29. The fraction of sp³-hybridized carbons (Fsp3) is 0.240. The summed E-state index contributed by atoms with van der Waals surface area (Å²) in [5.41, 5.74) is 8.55. The summed E-state index contributed by atoms with van der Waals surface area (Å²) in [7, 11) is 6.79. The molecule has 6 nitrogen and oxygen atoms in total. The largest absolute Gasteiger partial charge is 0.497 e. The third-order valence-corrected chi connectivity index (χ3v) is 10.4. The van der Waals surface area contributed by atoms with Crippen LogP contribution in [0.25, 0.3) is 21.5 Å². The van der Waals surface area contributed by atoms with Crippen LogP contribution in [-0.2, 0) is 10.8 Å². The van der Waals surface area contributed by atoms with Crippen molar-refractivity contribution in [2.24, 2.45) is 0 Å². The predicted octanol–water partition coefficient (Wildman–Crippen LogP) is 13.6. The molecule has 7 rings (SSSR count). The Morgan fingerprint density at radius 1 is 0.304 bits per heavy atom. The molecule has 286 valence electrons. The van der Waals surface area contributed by atoms with Gasteiger partial charge in [0.25, 0.3) is 0 Å². The Bertz CT molecular complexity index is 2190. The third kappa shape index (κ3) is 7.32. The zero-order valence-corrected chi connectivity index (χ0v) is 34.2. The molecule has 7 aromatic rings. The van der Waals surface area contributed by atoms with E-state index in [4.69, 9.17) is 18.9 Å². The summed E-state index contributed by atoms with van der Waals surface area (Å²) in [5.74, 6) is 3.26. The molecule has 0 saturated carbocycles. The van der Waals surface area contributed by atoms with Gasteiger partial charge in [-0.15, -0.1) is 0 Å². The SMILES string of the molecule is COc1ccc(N(c2ccc(OC)cc2)c2ccc3c(C(C)(C)C)c4cc(N(c5ccc(OC)cc5)c5ccc(OC)cc5)ccc4c(C(C)(C)C)c3c2)cc1. The quantitative estimate of drug-likeness (QED) is 0.130. The Kier molecular flexibility index (Phi) is 10.3. The number of methoxy groups -OCH3 is 4. The van der Waals surface area contributed by atoms with Crippen LogP contribution in [0, 0.1) is 0 Å². The van der Waals surface area contributed by atoms with Crippen molar-refractivity contribution in [3.05, 3.63) is 145 Å². The maximum atomic E-state index is 5.53. The summed E-state index contributed by atoms with van der Waals surface area (Å²) < 4.78 is 22.1. The molecular weight excluding hydrogens is 693 g/mol. The second-order valence-electron chi connectivity index (χ2n) is 16.2. The van der Waals surface area contributed by atoms with Crippen LogP contribution >= 0.6 is 0 Å². The van der Waals surface area contributed by atoms with Gasteiger partial charge in [-0.05, 0) is 165 Å². The summed E-state index contributed by atoms with van der Waals surface area (Å²) in [5, 5.41) is 4.99. The molecule has 0 aliphatic rings. The molecule has 0 spiro atoms. The number of benzene rings is 7. The Hall–Kier alpha value is -6.14. The first kappa shape index (κ1) is 38.1. The third-order valence-electron chi connectivity index (χ3n) is 10.4. The number of ether oxygens (including phenoxy) is 4. The molecule has 0 atom stereocenters. The van der Waals surface area contributed by atoms with E-state index < -0.39 is 0 Å². The van der Waals surface area contributed by atoms with E-state index in [0.717, 1.165) is 57.1 Å². The summed E-state index contributed by atoms with van der Waals surface area (Å²) in [6, 6.07) is 46.9. The van der Waals surface area contributed by atoms with Crippen LogP contribution in [0.3, 0.4) is 0 Å². The van der Waals surface area contributed by atoms with E-state index in [2.05, 4.69) is 136 Å². The van der Waals surface area contributed by atoms with Crippen molar-refractivity contribution >= 4 is 55.7 Å². The van der Waals surface area contributed by atoms with Crippen molar-refractivity contribution in [1.82, 2.24) is 0 Å². The standard InChI is InChI=1S/C50H52N2O4/c1-49(2,3)47-43-29-19-38(52(35-15-25-41(55-9)26-16-35)36-17-27-42(56-10)28-18-36)32-46(43)48(50(4,5)6)44-30-20-37(31-45(44)47)51(33-11-21-39(53-7)22-12-33)34-13-23-40(54-8)24-14-34/h11-32H,1-10H3. The predicted molar refractivity (Wildman–Crippen MR) is 234 cm³/mol. The molecule has 6 heteroatoms. The Balaban J connectivity index is 1.50. The van der Waals surface area contributed by atoms with Gasteiger partial charge in [0.2, 0.25) is 0 Å². The highest BCUT2D eigenvalue weighted by molar-refractivity contribution is 6.10. The van der Waals surface area contributed by atoms with Gasteiger partial charge >= 0.3 is 0 Å². The van der Waals surface area contributed by atoms with E-state index in [1.165, 1.54) is 32.7 Å². The lowest BCUT2D eigenvalue weighted by atomic mass is 9.74. The van der Waals surface area contributed by atoms with E-state index in [1.807, 2.05) is 48.5 Å². The van der Waals surface area contributed by atoms with E-state index >= 15 is 0 Å². The molecular formula is C50H52N2O4. The number of rotatable bonds is 10. The first-order valence-electron chi connectivity index (χ1n) is 19.1. The smallest absolute Gasteiger partial charge is 0.119 e. The Labute approximate surface area is 331 Å². The van der Waals surface area contributed by atoms with Gasteiger partial charge in [0, 0.05) is 34.1 Å². The van der Waals surface area contributed by atoms with Crippen LogP contribution in [0.1, 0.15) is 52.7 Å². The van der Waals surface area contributed by atoms with Crippen molar-refractivity contribution in [3.8, 4) is 23.0 Å². The Morgan fingerprint density at radius 3 is 0.750 bits per heavy atom. The van der Waals surface area contributed by atoms with E-state index in [9.17, 15) is 0 Å². The molecule has 0 saturated heterocycles. The van der Waals surface area contributed by atoms with Crippen molar-refractivity contribution < 1.29 is 18.9 Å². The van der Waals surface area contributed by atoms with Gasteiger partial charge in [0.05, 0.1) is 28.4 Å². The molecule has 0 N–H and O–H groups in total. The molecule has 0 fully saturated rings. The Morgan fingerprint density at radius 2 is 0.536 bits per heavy atom. The van der Waals surface area contributed by atoms with Crippen molar-refractivity contribution in [2.45, 2.75) is 52.4 Å². The first-order chi connectivity index (χ1) is 26.8. The molecule has 0 aliphatic carbocycles. The molecule has 0 aliphatic heterocycles. The highest BCUT2D eigenvalue weighted by Crippen LogP contribution is 2.48. The van der Waals surface area contributed by atoms with Crippen molar-refractivity contribution in [2.75, 3.05) is 38.2 Å². The lowest BCUT2D eigenvalue weighted by Gasteiger charge is -2.33. The first-order valence-corrected chi connectivity index (χ1v) is 19.1. The molecule has 0 heterocycles. The second-order valence-corrected chi connectivity index (χ2v) is 16.2. The average Bonchev–Trinajstić information content (AvgIpc) is 3.20. The summed E-state index contributed by atoms with van der Waals surface area (Å²) in [4.78, 5) is 4.60. The maximum Gasteiger partial charge on any atom is 0.119 e. The van der Waals surface area contributed by atoms with Gasteiger partial charge in [-0.25, -0.2) is 0 Å². The number of hydrogen-bond donors (Lipinski definition) is 0. The fourth-order valence-corrected chi connectivity index (χ4v) is 7.92. The molecule has 0 amide bonds. The topological polar surface area (TPSA) is 43.4 Å². The van der Waals surface area contributed by atoms with Gasteiger partial charge in [-0.3, -0.25) is 0 Å². The molecule has 0 aromatic heterocycles. The normalized spacial score (nSPS) is 11.8. The van der Waals surface area contributed by atoms with Crippen molar-refractivity contribution in [1.29, 1.82) is 0 Å². The highest BCUT2D eigenvalue weighted by atomic mass is 16.5. The second kappa shape index (κ2) is 15.2. The maximum absolute atomic E-state index is 5.53. The van der Waals surface area contributed by atoms with Crippen LogP contribution in [-0.4, -0.2) is 28.4 Å². The molecule has 0 radical (unpaired) electrons. The monoisotopic (exact) mass is 744 g/mol. The van der Waals surface area contributed by atoms with E-state index in [1.54, 1.807) is 28.4 Å². The zero-order valence-electron chi connectivity index (χ0n) is 34.2. The van der Waals surface area contributed by atoms with Crippen LogP contribution in [0.5, 0.6) is 23.0 Å². The molecule has 0 bridgehead atoms. The van der Waals surface area contributed by atoms with E-state index in [-0.39, 0.29) is 10.8 Å². The zero-order chi connectivity index (χ0) is 39.8. The molecule has 56 heavy (non-hydrogen) atoms. The lowest BCUT2D eigenvalue weighted by molar-refractivity contribution is 0.414. The number of fused-ring (bicyclic) bond motifs is 2. The lowest BCUT2D eigenvalue weighted by Crippen LogP contribution is -2.18. The van der Waals surface area contributed by atoms with Gasteiger partial charge in [0.1, 0.15) is 23.0 Å². The number of anilines is 6. The van der Waals surface area contributed by atoms with Gasteiger partial charge in [-0.1, -0.05) is 53.7 Å². The van der Waals surface area contributed by atoms with Crippen LogP contribution in [0.2, 0.25) is 0 Å². The minimum atomic E-state index is -0.177. The average molecular weight is 745 g/mol. The van der Waals surface area contributed by atoms with Crippen LogP contribution in [0.4, 0.5) is 34.1 Å². The van der Waals surface area contributed by atoms with Gasteiger partial charge < -0.3 is 28.7 Å². The molecule has 7 aromatic carbocycles. The number of nitrogens with zero attached hydrogens (tertiary/aromatic N) is 2. The summed E-state index contributed by atoms with van der Waals surface area (Å²) in [6.07, 6.45) is 0. The fourth-order valence-electron chi connectivity index (χ4n) is 7.92. The van der Waals surface area contributed by atoms with E-state index in [0.29, 0.717) is 0 Å². The van der Waals surface area contributed by atoms with Crippen molar-refractivity contribution in [3.63, 3.8) is 0 Å². The minimum absolute atomic E-state index is 0.177. The van der Waals surface area contributed by atoms with Crippen LogP contribution < -0.4 is 28.7 Å². The van der Waals surface area contributed by atoms with Gasteiger partial charge in [-0.2, -0.15) is 0 Å². The number of hydrogen-bond acceptors (Lipinski definition) is 6.